The highest BCUT2D eigenvalue weighted by Gasteiger charge is 2.41. The number of nitrogens with zero attached hydrogens (tertiary/aromatic N) is 1. The van der Waals surface area contributed by atoms with Gasteiger partial charge in [-0.15, -0.1) is 0 Å². The summed E-state index contributed by atoms with van der Waals surface area (Å²) < 4.78 is 0. The van der Waals surface area contributed by atoms with E-state index in [4.69, 9.17) is 10.8 Å². The minimum Gasteiger partial charge on any atom is -0.393 e. The van der Waals surface area contributed by atoms with E-state index >= 15 is 0 Å². The lowest BCUT2D eigenvalue weighted by atomic mass is 9.76. The van der Waals surface area contributed by atoms with Crippen molar-refractivity contribution in [2.75, 3.05) is 13.6 Å². The van der Waals surface area contributed by atoms with Gasteiger partial charge in [0.05, 0.1) is 11.6 Å². The molecule has 0 aromatic rings. The number of amides is 1. The van der Waals surface area contributed by atoms with Crippen molar-refractivity contribution in [1.29, 1.82) is 0 Å². The molecule has 1 fully saturated rings. The number of aliphatic hydroxyl groups is 1. The fourth-order valence-corrected chi connectivity index (χ4v) is 1.63. The third kappa shape index (κ3) is 2.45. The summed E-state index contributed by atoms with van der Waals surface area (Å²) in [6, 6.07) is 0. The zero-order valence-electron chi connectivity index (χ0n) is 8.99. The van der Waals surface area contributed by atoms with Crippen molar-refractivity contribution in [3.8, 4) is 0 Å². The molecule has 14 heavy (non-hydrogen) atoms. The maximum atomic E-state index is 11.8. The molecule has 1 unspecified atom stereocenters. The maximum Gasteiger partial charge on any atom is 0.242 e. The molecule has 0 aromatic carbocycles. The fraction of sp³-hybridized carbons (Fsp3) is 0.900. The van der Waals surface area contributed by atoms with Crippen LogP contribution >= 0.6 is 0 Å². The number of carbonyl (C=O) groups excluding carboxylic acids is 1. The second-order valence-electron chi connectivity index (χ2n) is 4.37. The Bertz CT molecular complexity index is 212. The van der Waals surface area contributed by atoms with Crippen molar-refractivity contribution in [1.82, 2.24) is 4.90 Å². The lowest BCUT2D eigenvalue weighted by Gasteiger charge is -2.39. The molecule has 3 N–H and O–H groups in total. The SMILES string of the molecule is CC(O)CCN(C)C(=O)C1(N)CCC1. The first-order valence-corrected chi connectivity index (χ1v) is 5.18. The largest absolute Gasteiger partial charge is 0.393 e. The first-order valence-electron chi connectivity index (χ1n) is 5.18. The van der Waals surface area contributed by atoms with Crippen molar-refractivity contribution in [2.45, 2.75) is 44.2 Å². The zero-order valence-corrected chi connectivity index (χ0v) is 8.99. The monoisotopic (exact) mass is 200 g/mol. The van der Waals surface area contributed by atoms with Crippen LogP contribution in [0.1, 0.15) is 32.6 Å². The Morgan fingerprint density at radius 2 is 2.21 bits per heavy atom. The van der Waals surface area contributed by atoms with Crippen molar-refractivity contribution < 1.29 is 9.90 Å². The Hall–Kier alpha value is -0.610. The Kier molecular flexibility index (Phi) is 3.50. The van der Waals surface area contributed by atoms with Crippen LogP contribution in [0, 0.1) is 0 Å². The molecule has 82 valence electrons. The third-order valence-corrected chi connectivity index (χ3v) is 2.90. The van der Waals surface area contributed by atoms with E-state index in [0.717, 1.165) is 19.3 Å². The van der Waals surface area contributed by atoms with Crippen molar-refractivity contribution in [3.05, 3.63) is 0 Å². The van der Waals surface area contributed by atoms with Crippen molar-refractivity contribution in [3.63, 3.8) is 0 Å². The van der Waals surface area contributed by atoms with Gasteiger partial charge in [-0.2, -0.15) is 0 Å². The molecular weight excluding hydrogens is 180 g/mol. The van der Waals surface area contributed by atoms with E-state index in [0.29, 0.717) is 13.0 Å². The predicted octanol–water partition coefficient (Wildman–Crippen LogP) is 0.0971. The number of hydrogen-bond donors (Lipinski definition) is 2. The number of likely N-dealkylation sites (N-methyl/N-ethyl adjacent to an activating group) is 1. The summed E-state index contributed by atoms with van der Waals surface area (Å²) in [5.41, 5.74) is 5.30. The molecule has 1 atom stereocenters. The minimum absolute atomic E-state index is 0.0180. The number of carbonyl (C=O) groups is 1. The Morgan fingerprint density at radius 3 is 2.57 bits per heavy atom. The van der Waals surface area contributed by atoms with Crippen LogP contribution in [0.15, 0.2) is 0 Å². The van der Waals surface area contributed by atoms with Gasteiger partial charge in [0.15, 0.2) is 0 Å². The van der Waals surface area contributed by atoms with Gasteiger partial charge in [-0.25, -0.2) is 0 Å². The van der Waals surface area contributed by atoms with Gasteiger partial charge in [0, 0.05) is 13.6 Å². The number of nitrogens with two attached hydrogens (primary N) is 1. The summed E-state index contributed by atoms with van der Waals surface area (Å²) in [7, 11) is 1.75. The van der Waals surface area contributed by atoms with Crippen molar-refractivity contribution in [2.24, 2.45) is 5.73 Å². The van der Waals surface area contributed by atoms with Gasteiger partial charge in [-0.05, 0) is 32.6 Å². The molecule has 0 spiro atoms. The van der Waals surface area contributed by atoms with E-state index in [1.54, 1.807) is 18.9 Å². The maximum absolute atomic E-state index is 11.8. The Morgan fingerprint density at radius 1 is 1.64 bits per heavy atom. The highest BCUT2D eigenvalue weighted by Crippen LogP contribution is 2.30. The fourth-order valence-electron chi connectivity index (χ4n) is 1.63. The molecule has 1 rings (SSSR count). The van der Waals surface area contributed by atoms with Gasteiger partial charge >= 0.3 is 0 Å². The van der Waals surface area contributed by atoms with Gasteiger partial charge in [0.2, 0.25) is 5.91 Å². The average molecular weight is 200 g/mol. The molecule has 4 heteroatoms. The van der Waals surface area contributed by atoms with E-state index < -0.39 is 5.54 Å². The predicted molar refractivity (Wildman–Crippen MR) is 54.7 cm³/mol. The highest BCUT2D eigenvalue weighted by molar-refractivity contribution is 5.86. The van der Waals surface area contributed by atoms with E-state index in [1.807, 2.05) is 0 Å². The topological polar surface area (TPSA) is 66.6 Å². The second kappa shape index (κ2) is 4.28. The first-order chi connectivity index (χ1) is 6.46. The van der Waals surface area contributed by atoms with Crippen LogP contribution < -0.4 is 5.73 Å². The summed E-state index contributed by atoms with van der Waals surface area (Å²) in [6.07, 6.45) is 2.89. The average Bonchev–Trinajstić information content (AvgIpc) is 2.09. The minimum atomic E-state index is -0.604. The number of rotatable bonds is 4. The zero-order chi connectivity index (χ0) is 10.8. The summed E-state index contributed by atoms with van der Waals surface area (Å²) >= 11 is 0. The summed E-state index contributed by atoms with van der Waals surface area (Å²) in [5.74, 6) is 0.0180. The van der Waals surface area contributed by atoms with Gasteiger partial charge < -0.3 is 15.7 Å². The lowest BCUT2D eigenvalue weighted by Crippen LogP contribution is -2.58. The Labute approximate surface area is 85.1 Å². The molecule has 1 aliphatic rings. The standard InChI is InChI=1S/C10H20N2O2/c1-8(13)4-7-12(2)9(14)10(11)5-3-6-10/h8,13H,3-7,11H2,1-2H3. The molecule has 0 aliphatic heterocycles. The first kappa shape index (κ1) is 11.5. The van der Waals surface area contributed by atoms with Crippen LogP contribution in [0.2, 0.25) is 0 Å². The molecule has 0 heterocycles. The van der Waals surface area contributed by atoms with Crippen LogP contribution in [-0.2, 0) is 4.79 Å². The molecule has 1 aliphatic carbocycles. The van der Waals surface area contributed by atoms with Crippen molar-refractivity contribution >= 4 is 5.91 Å². The molecule has 1 amide bonds. The Balaban J connectivity index is 2.36. The second-order valence-corrected chi connectivity index (χ2v) is 4.37. The van der Waals surface area contributed by atoms with Gasteiger partial charge in [-0.1, -0.05) is 0 Å². The summed E-state index contributed by atoms with van der Waals surface area (Å²) in [4.78, 5) is 13.4. The van der Waals surface area contributed by atoms with E-state index in [1.165, 1.54) is 0 Å². The molecule has 0 radical (unpaired) electrons. The molecule has 1 saturated carbocycles. The van der Waals surface area contributed by atoms with Crippen LogP contribution in [-0.4, -0.2) is 41.1 Å². The molecule has 0 saturated heterocycles. The van der Waals surface area contributed by atoms with E-state index in [2.05, 4.69) is 0 Å². The van der Waals surface area contributed by atoms with E-state index in [-0.39, 0.29) is 12.0 Å². The van der Waals surface area contributed by atoms with Gasteiger partial charge in [0.1, 0.15) is 0 Å². The van der Waals surface area contributed by atoms with Crippen LogP contribution in [0.3, 0.4) is 0 Å². The van der Waals surface area contributed by atoms with Crippen LogP contribution in [0.5, 0.6) is 0 Å². The quantitative estimate of drug-likeness (QED) is 0.676. The van der Waals surface area contributed by atoms with Crippen LogP contribution in [0.4, 0.5) is 0 Å². The third-order valence-electron chi connectivity index (χ3n) is 2.90. The normalized spacial score (nSPS) is 21.1. The molecule has 0 bridgehead atoms. The molecule has 4 nitrogen and oxygen atoms in total. The highest BCUT2D eigenvalue weighted by atomic mass is 16.3. The molecular formula is C10H20N2O2. The van der Waals surface area contributed by atoms with E-state index in [9.17, 15) is 4.79 Å². The number of hydrogen-bond acceptors (Lipinski definition) is 3. The van der Waals surface area contributed by atoms with Gasteiger partial charge in [-0.3, -0.25) is 4.79 Å². The van der Waals surface area contributed by atoms with Crippen LogP contribution in [0.25, 0.3) is 0 Å². The lowest BCUT2D eigenvalue weighted by molar-refractivity contribution is -0.139. The van der Waals surface area contributed by atoms with Gasteiger partial charge in [0.25, 0.3) is 0 Å². The molecule has 0 aromatic heterocycles. The summed E-state index contributed by atoms with van der Waals surface area (Å²) in [6.45, 7) is 2.30. The smallest absolute Gasteiger partial charge is 0.242 e. The summed E-state index contributed by atoms with van der Waals surface area (Å²) in [5, 5.41) is 9.09. The number of aliphatic hydroxyl groups excluding tert-OH is 1.